The summed E-state index contributed by atoms with van der Waals surface area (Å²) in [5, 5.41) is 3.61. The van der Waals surface area contributed by atoms with E-state index < -0.39 is 0 Å². The molecule has 1 aromatic rings. The molecule has 1 saturated heterocycles. The Morgan fingerprint density at radius 2 is 2.22 bits per heavy atom. The maximum absolute atomic E-state index is 3.61. The van der Waals surface area contributed by atoms with Crippen molar-refractivity contribution < 1.29 is 0 Å². The predicted molar refractivity (Wildman–Crippen MR) is 78.0 cm³/mol. The lowest BCUT2D eigenvalue weighted by molar-refractivity contribution is 0.260. The van der Waals surface area contributed by atoms with E-state index in [2.05, 4.69) is 30.1 Å². The minimum atomic E-state index is 0.775. The second kappa shape index (κ2) is 5.32. The van der Waals surface area contributed by atoms with Gasteiger partial charge in [0.15, 0.2) is 0 Å². The Morgan fingerprint density at radius 1 is 1.39 bits per heavy atom. The van der Waals surface area contributed by atoms with E-state index in [1.165, 1.54) is 42.0 Å². The van der Waals surface area contributed by atoms with Crippen molar-refractivity contribution in [2.24, 2.45) is 0 Å². The van der Waals surface area contributed by atoms with Crippen LogP contribution in [0.2, 0.25) is 0 Å². The quantitative estimate of drug-likeness (QED) is 0.878. The normalized spacial score (nSPS) is 24.9. The molecule has 0 spiro atoms. The average molecular weight is 264 g/mol. The van der Waals surface area contributed by atoms with E-state index in [4.69, 9.17) is 0 Å². The van der Waals surface area contributed by atoms with Crippen molar-refractivity contribution in [3.63, 3.8) is 0 Å². The Morgan fingerprint density at radius 3 is 2.89 bits per heavy atom. The van der Waals surface area contributed by atoms with Crippen LogP contribution in [0.4, 0.5) is 0 Å². The van der Waals surface area contributed by atoms with E-state index in [1.54, 1.807) is 5.56 Å². The number of thiophene rings is 1. The smallest absolute Gasteiger partial charge is 0.0302 e. The van der Waals surface area contributed by atoms with Gasteiger partial charge in [0.1, 0.15) is 0 Å². The molecule has 3 heteroatoms. The predicted octanol–water partition coefficient (Wildman–Crippen LogP) is 3.29. The van der Waals surface area contributed by atoms with Gasteiger partial charge in [-0.3, -0.25) is 4.90 Å². The van der Waals surface area contributed by atoms with Crippen LogP contribution < -0.4 is 5.32 Å². The molecule has 1 unspecified atom stereocenters. The van der Waals surface area contributed by atoms with E-state index in [-0.39, 0.29) is 0 Å². The Balaban J connectivity index is 1.60. The molecule has 1 atom stereocenters. The van der Waals surface area contributed by atoms with Crippen molar-refractivity contribution in [2.75, 3.05) is 6.54 Å². The second-order valence-corrected chi connectivity index (χ2v) is 7.25. The van der Waals surface area contributed by atoms with Gasteiger partial charge >= 0.3 is 0 Å². The van der Waals surface area contributed by atoms with Crippen LogP contribution in [0.1, 0.15) is 47.9 Å². The van der Waals surface area contributed by atoms with Crippen LogP contribution in [-0.2, 0) is 13.1 Å². The van der Waals surface area contributed by atoms with Crippen LogP contribution in [0.5, 0.6) is 0 Å². The fourth-order valence-corrected chi connectivity index (χ4v) is 3.82. The van der Waals surface area contributed by atoms with Crippen molar-refractivity contribution in [2.45, 2.75) is 64.7 Å². The van der Waals surface area contributed by atoms with Crippen LogP contribution in [0, 0.1) is 6.92 Å². The van der Waals surface area contributed by atoms with Crippen molar-refractivity contribution in [3.8, 4) is 0 Å². The highest BCUT2D eigenvalue weighted by atomic mass is 32.1. The minimum Gasteiger partial charge on any atom is -0.309 e. The van der Waals surface area contributed by atoms with Gasteiger partial charge in [-0.2, -0.15) is 0 Å². The molecule has 1 saturated carbocycles. The molecule has 2 nitrogen and oxygen atoms in total. The molecule has 0 radical (unpaired) electrons. The van der Waals surface area contributed by atoms with Gasteiger partial charge in [0.25, 0.3) is 0 Å². The first-order chi connectivity index (χ1) is 8.72. The topological polar surface area (TPSA) is 15.3 Å². The van der Waals surface area contributed by atoms with E-state index in [0.29, 0.717) is 0 Å². The molecule has 2 aliphatic rings. The zero-order chi connectivity index (χ0) is 12.5. The van der Waals surface area contributed by atoms with E-state index >= 15 is 0 Å². The number of hydrogen-bond acceptors (Lipinski definition) is 3. The lowest BCUT2D eigenvalue weighted by Crippen LogP contribution is -2.26. The molecular weight excluding hydrogens is 240 g/mol. The maximum Gasteiger partial charge on any atom is 0.0302 e. The van der Waals surface area contributed by atoms with Crippen LogP contribution in [-0.4, -0.2) is 23.5 Å². The number of aryl methyl sites for hydroxylation is 1. The molecule has 0 bridgehead atoms. The summed E-state index contributed by atoms with van der Waals surface area (Å²) < 4.78 is 0. The molecule has 1 aliphatic heterocycles. The third-order valence-electron chi connectivity index (χ3n) is 4.28. The minimum absolute atomic E-state index is 0.775. The Hall–Kier alpha value is -0.380. The van der Waals surface area contributed by atoms with Gasteiger partial charge in [-0.15, -0.1) is 11.3 Å². The molecule has 100 valence electrons. The van der Waals surface area contributed by atoms with Gasteiger partial charge < -0.3 is 5.32 Å². The largest absolute Gasteiger partial charge is 0.309 e. The molecule has 1 N–H and O–H groups in total. The summed E-state index contributed by atoms with van der Waals surface area (Å²) in [6.07, 6.45) is 5.50. The fraction of sp³-hybridized carbons (Fsp3) is 0.733. The first kappa shape index (κ1) is 12.6. The average Bonchev–Trinajstić information content (AvgIpc) is 3.00. The van der Waals surface area contributed by atoms with Gasteiger partial charge in [-0.25, -0.2) is 0 Å². The molecule has 3 rings (SSSR count). The third-order valence-corrected chi connectivity index (χ3v) is 5.37. The summed E-state index contributed by atoms with van der Waals surface area (Å²) in [6.45, 7) is 8.16. The number of hydrogen-bond donors (Lipinski definition) is 1. The van der Waals surface area contributed by atoms with Crippen molar-refractivity contribution >= 4 is 11.3 Å². The molecule has 0 aromatic carbocycles. The second-order valence-electron chi connectivity index (χ2n) is 5.91. The first-order valence-corrected chi connectivity index (χ1v) is 8.09. The zero-order valence-corrected chi connectivity index (χ0v) is 12.4. The van der Waals surface area contributed by atoms with Gasteiger partial charge in [0, 0.05) is 34.9 Å². The SMILES string of the molecule is Cc1sc(CNC2CC2)cc1CN1CCCC1C. The summed E-state index contributed by atoms with van der Waals surface area (Å²) >= 11 is 1.98. The third kappa shape index (κ3) is 2.95. The van der Waals surface area contributed by atoms with Gasteiger partial charge in [-0.1, -0.05) is 0 Å². The molecule has 1 aromatic heterocycles. The highest BCUT2D eigenvalue weighted by molar-refractivity contribution is 7.12. The van der Waals surface area contributed by atoms with E-state index in [0.717, 1.165) is 25.2 Å². The zero-order valence-electron chi connectivity index (χ0n) is 11.5. The number of nitrogens with zero attached hydrogens (tertiary/aromatic N) is 1. The summed E-state index contributed by atoms with van der Waals surface area (Å²) in [5.74, 6) is 0. The first-order valence-electron chi connectivity index (χ1n) is 7.28. The molecule has 1 aliphatic carbocycles. The number of likely N-dealkylation sites (tertiary alicyclic amines) is 1. The van der Waals surface area contributed by atoms with Crippen LogP contribution in [0.15, 0.2) is 6.07 Å². The standard InChI is InChI=1S/C15H24N2S/c1-11-4-3-7-17(11)10-13-8-15(18-12(13)2)9-16-14-5-6-14/h8,11,14,16H,3-7,9-10H2,1-2H3. The number of rotatable bonds is 5. The lowest BCUT2D eigenvalue weighted by atomic mass is 10.2. The Bertz CT molecular complexity index is 409. The van der Waals surface area contributed by atoms with Crippen LogP contribution in [0.25, 0.3) is 0 Å². The summed E-state index contributed by atoms with van der Waals surface area (Å²) in [5.41, 5.74) is 1.56. The summed E-state index contributed by atoms with van der Waals surface area (Å²) in [4.78, 5) is 5.66. The highest BCUT2D eigenvalue weighted by Gasteiger charge is 2.22. The molecular formula is C15H24N2S. The highest BCUT2D eigenvalue weighted by Crippen LogP contribution is 2.27. The fourth-order valence-electron chi connectivity index (χ4n) is 2.81. The molecule has 2 fully saturated rings. The summed E-state index contributed by atoms with van der Waals surface area (Å²) in [6, 6.07) is 4.02. The van der Waals surface area contributed by atoms with Gasteiger partial charge in [0.05, 0.1) is 0 Å². The number of nitrogens with one attached hydrogen (secondary N) is 1. The maximum atomic E-state index is 3.61. The Kier molecular flexibility index (Phi) is 3.73. The van der Waals surface area contributed by atoms with Crippen LogP contribution in [0.3, 0.4) is 0 Å². The van der Waals surface area contributed by atoms with Crippen LogP contribution >= 0.6 is 11.3 Å². The van der Waals surface area contributed by atoms with Gasteiger partial charge in [-0.05, 0) is 57.7 Å². The van der Waals surface area contributed by atoms with Crippen molar-refractivity contribution in [3.05, 3.63) is 21.4 Å². The Labute approximate surface area is 114 Å². The molecule has 0 amide bonds. The van der Waals surface area contributed by atoms with Crippen molar-refractivity contribution in [1.29, 1.82) is 0 Å². The van der Waals surface area contributed by atoms with Gasteiger partial charge in [0.2, 0.25) is 0 Å². The molecule has 18 heavy (non-hydrogen) atoms. The van der Waals surface area contributed by atoms with Crippen molar-refractivity contribution in [1.82, 2.24) is 10.2 Å². The van der Waals surface area contributed by atoms with E-state index in [1.807, 2.05) is 11.3 Å². The summed E-state index contributed by atoms with van der Waals surface area (Å²) in [7, 11) is 0. The monoisotopic (exact) mass is 264 g/mol. The molecule has 2 heterocycles. The lowest BCUT2D eigenvalue weighted by Gasteiger charge is -2.20. The van der Waals surface area contributed by atoms with E-state index in [9.17, 15) is 0 Å².